The Morgan fingerprint density at radius 1 is 1.07 bits per heavy atom. The lowest BCUT2D eigenvalue weighted by Crippen LogP contribution is -2.38. The molecule has 0 bridgehead atoms. The number of rotatable bonds is 7. The highest BCUT2D eigenvalue weighted by Crippen LogP contribution is 2.27. The van der Waals surface area contributed by atoms with Crippen molar-refractivity contribution in [2.45, 2.75) is 73.5 Å². The smallest absolute Gasteiger partial charge is 0.319 e. The second-order valence-electron chi connectivity index (χ2n) is 9.34. The lowest BCUT2D eigenvalue weighted by Gasteiger charge is -2.31. The number of amides is 3. The Morgan fingerprint density at radius 3 is 2.14 bits per heavy atom. The van der Waals surface area contributed by atoms with Gasteiger partial charge in [-0.1, -0.05) is 20.8 Å². The maximum Gasteiger partial charge on any atom is 0.319 e. The lowest BCUT2D eigenvalue weighted by atomic mass is 9.91. The zero-order valence-electron chi connectivity index (χ0n) is 19.0. The highest BCUT2D eigenvalue weighted by Gasteiger charge is 2.24. The van der Waals surface area contributed by atoms with Crippen LogP contribution in [0.25, 0.3) is 0 Å². The monoisotopic (exact) mass is 390 g/mol. The average molecular weight is 391 g/mol. The van der Waals surface area contributed by atoms with Crippen LogP contribution < -0.4 is 15.5 Å². The first-order chi connectivity index (χ1) is 12.8. The van der Waals surface area contributed by atoms with E-state index in [1.807, 2.05) is 69.8 Å². The molecule has 0 aliphatic heterocycles. The average Bonchev–Trinajstić information content (AvgIpc) is 2.49. The minimum absolute atomic E-state index is 0.0620. The van der Waals surface area contributed by atoms with E-state index in [2.05, 4.69) is 31.4 Å². The summed E-state index contributed by atoms with van der Waals surface area (Å²) in [5, 5.41) is 5.70. The molecule has 2 N–H and O–H groups in total. The van der Waals surface area contributed by atoms with E-state index in [9.17, 15) is 9.59 Å². The Bertz CT molecular complexity index is 676. The molecule has 0 fully saturated rings. The molecule has 0 saturated heterocycles. The summed E-state index contributed by atoms with van der Waals surface area (Å²) in [6.45, 7) is 14.6. The van der Waals surface area contributed by atoms with Gasteiger partial charge >= 0.3 is 6.03 Å². The number of urea groups is 1. The molecule has 1 aromatic carbocycles. The molecule has 0 aliphatic carbocycles. The van der Waals surface area contributed by atoms with Gasteiger partial charge in [-0.05, 0) is 56.9 Å². The number of nitrogens with zero attached hydrogens (tertiary/aromatic N) is 2. The van der Waals surface area contributed by atoms with E-state index in [0.717, 1.165) is 11.3 Å². The zero-order valence-corrected chi connectivity index (χ0v) is 19.0. The van der Waals surface area contributed by atoms with Crippen LogP contribution in [0.1, 0.15) is 60.5 Å². The van der Waals surface area contributed by atoms with Crippen LogP contribution in [0.3, 0.4) is 0 Å². The molecule has 0 atom stereocenters. The van der Waals surface area contributed by atoms with E-state index >= 15 is 0 Å². The van der Waals surface area contributed by atoms with Crippen molar-refractivity contribution in [3.05, 3.63) is 23.8 Å². The highest BCUT2D eigenvalue weighted by molar-refractivity contribution is 5.90. The van der Waals surface area contributed by atoms with E-state index < -0.39 is 0 Å². The van der Waals surface area contributed by atoms with Gasteiger partial charge < -0.3 is 20.4 Å². The number of carbonyl (C=O) groups is 2. The van der Waals surface area contributed by atoms with Crippen LogP contribution in [0, 0.1) is 5.41 Å². The van der Waals surface area contributed by atoms with Gasteiger partial charge in [-0.25, -0.2) is 4.79 Å². The topological polar surface area (TPSA) is 64.7 Å². The van der Waals surface area contributed by atoms with E-state index in [1.165, 1.54) is 0 Å². The Kier molecular flexibility index (Phi) is 8.33. The largest absolute Gasteiger partial charge is 0.377 e. The zero-order chi connectivity index (χ0) is 21.6. The van der Waals surface area contributed by atoms with Crippen molar-refractivity contribution in [2.75, 3.05) is 24.3 Å². The van der Waals surface area contributed by atoms with Crippen molar-refractivity contribution in [1.82, 2.24) is 10.2 Å². The molecule has 3 amide bonds. The summed E-state index contributed by atoms with van der Waals surface area (Å²) < 4.78 is 0. The van der Waals surface area contributed by atoms with Crippen LogP contribution in [-0.4, -0.2) is 43.0 Å². The molecule has 0 radical (unpaired) electrons. The van der Waals surface area contributed by atoms with Gasteiger partial charge in [-0.15, -0.1) is 0 Å². The van der Waals surface area contributed by atoms with Gasteiger partial charge in [0.2, 0.25) is 5.91 Å². The summed E-state index contributed by atoms with van der Waals surface area (Å²) in [5.41, 5.74) is 2.69. The van der Waals surface area contributed by atoms with Gasteiger partial charge in [0.15, 0.2) is 0 Å². The first-order valence-corrected chi connectivity index (χ1v) is 9.97. The summed E-state index contributed by atoms with van der Waals surface area (Å²) in [6, 6.07) is 5.73. The predicted octanol–water partition coefficient (Wildman–Crippen LogP) is 4.46. The first-order valence-electron chi connectivity index (χ1n) is 9.97. The van der Waals surface area contributed by atoms with E-state index in [-0.39, 0.29) is 29.4 Å². The number of anilines is 2. The van der Waals surface area contributed by atoms with Crippen molar-refractivity contribution >= 4 is 23.3 Å². The van der Waals surface area contributed by atoms with Crippen LogP contribution in [0.15, 0.2) is 18.2 Å². The van der Waals surface area contributed by atoms with Crippen LogP contribution in [0.2, 0.25) is 0 Å². The molecule has 1 aromatic rings. The number of hydrogen-bond donors (Lipinski definition) is 2. The van der Waals surface area contributed by atoms with Gasteiger partial charge in [0.1, 0.15) is 0 Å². The summed E-state index contributed by atoms with van der Waals surface area (Å²) in [6.07, 6.45) is 0.497. The summed E-state index contributed by atoms with van der Waals surface area (Å²) >= 11 is 0. The van der Waals surface area contributed by atoms with Crippen molar-refractivity contribution in [3.63, 3.8) is 0 Å². The minimum Gasteiger partial charge on any atom is -0.377 e. The number of carbonyl (C=O) groups excluding carboxylic acids is 2. The molecule has 6 nitrogen and oxygen atoms in total. The molecule has 6 heteroatoms. The fraction of sp³-hybridized carbons (Fsp3) is 0.636. The third-order valence-electron chi connectivity index (χ3n) is 4.20. The van der Waals surface area contributed by atoms with E-state index in [0.29, 0.717) is 18.7 Å². The van der Waals surface area contributed by atoms with Crippen molar-refractivity contribution in [2.24, 2.45) is 5.41 Å². The molecule has 0 spiro atoms. The van der Waals surface area contributed by atoms with Crippen LogP contribution in [0.4, 0.5) is 16.2 Å². The first kappa shape index (κ1) is 23.8. The number of benzene rings is 1. The van der Waals surface area contributed by atoms with Crippen LogP contribution >= 0.6 is 0 Å². The van der Waals surface area contributed by atoms with Crippen LogP contribution in [0.5, 0.6) is 0 Å². The molecule has 0 aliphatic rings. The SMILES string of the molecule is CC(C)NC(=O)Nc1ccc(N(C)C)c(CN(C(=O)CC(C)(C)C)C(C)C)c1. The van der Waals surface area contributed by atoms with Gasteiger partial charge in [0.05, 0.1) is 0 Å². The van der Waals surface area contributed by atoms with Crippen LogP contribution in [-0.2, 0) is 11.3 Å². The second kappa shape index (κ2) is 9.80. The molecule has 0 aromatic heterocycles. The second-order valence-corrected chi connectivity index (χ2v) is 9.34. The van der Waals surface area contributed by atoms with Gasteiger partial charge in [-0.3, -0.25) is 4.79 Å². The maximum atomic E-state index is 12.9. The van der Waals surface area contributed by atoms with Gasteiger partial charge in [-0.2, -0.15) is 0 Å². The molecule has 0 saturated carbocycles. The number of hydrogen-bond acceptors (Lipinski definition) is 3. The Labute approximate surface area is 170 Å². The Balaban J connectivity index is 3.14. The number of nitrogens with one attached hydrogen (secondary N) is 2. The lowest BCUT2D eigenvalue weighted by molar-refractivity contribution is -0.135. The van der Waals surface area contributed by atoms with Crippen molar-refractivity contribution in [1.29, 1.82) is 0 Å². The Hall–Kier alpha value is -2.24. The maximum absolute atomic E-state index is 12.9. The summed E-state index contributed by atoms with van der Waals surface area (Å²) in [7, 11) is 3.96. The van der Waals surface area contributed by atoms with E-state index in [1.54, 1.807) is 0 Å². The quantitative estimate of drug-likeness (QED) is 0.723. The molecule has 1 rings (SSSR count). The van der Waals surface area contributed by atoms with Gasteiger partial charge in [0, 0.05) is 50.5 Å². The third-order valence-corrected chi connectivity index (χ3v) is 4.20. The fourth-order valence-electron chi connectivity index (χ4n) is 2.95. The fourth-order valence-corrected chi connectivity index (χ4v) is 2.95. The molecular formula is C22H38N4O2. The molecule has 28 heavy (non-hydrogen) atoms. The van der Waals surface area contributed by atoms with Crippen molar-refractivity contribution < 1.29 is 9.59 Å². The molecule has 0 heterocycles. The highest BCUT2D eigenvalue weighted by atomic mass is 16.2. The summed E-state index contributed by atoms with van der Waals surface area (Å²) in [4.78, 5) is 28.9. The standard InChI is InChI=1S/C22H38N4O2/c1-15(2)23-21(28)24-18-10-11-19(25(8)9)17(12-18)14-26(16(3)4)20(27)13-22(5,6)7/h10-12,15-16H,13-14H2,1-9H3,(H2,23,24,28). The summed E-state index contributed by atoms with van der Waals surface area (Å²) in [5.74, 6) is 0.142. The van der Waals surface area contributed by atoms with E-state index in [4.69, 9.17) is 0 Å². The van der Waals surface area contributed by atoms with Gasteiger partial charge in [0.25, 0.3) is 0 Å². The molecular weight excluding hydrogens is 352 g/mol. The third kappa shape index (κ3) is 7.79. The minimum atomic E-state index is -0.233. The molecule has 0 unspecified atom stereocenters. The van der Waals surface area contributed by atoms with Crippen molar-refractivity contribution in [3.8, 4) is 0 Å². The normalized spacial score (nSPS) is 11.5. The molecule has 158 valence electrons. The predicted molar refractivity (Wildman–Crippen MR) is 118 cm³/mol. The Morgan fingerprint density at radius 2 is 1.68 bits per heavy atom.